The van der Waals surface area contributed by atoms with Gasteiger partial charge >= 0.3 is 0 Å². The van der Waals surface area contributed by atoms with E-state index in [1.165, 1.54) is 25.7 Å². The maximum atomic E-state index is 9.60. The number of hydrogen-bond donors (Lipinski definition) is 3. The molecule has 0 aliphatic carbocycles. The highest BCUT2D eigenvalue weighted by atomic mass is 16.3. The quantitative estimate of drug-likeness (QED) is 0.378. The topological polar surface area (TPSA) is 52.5 Å². The van der Waals surface area contributed by atoms with Gasteiger partial charge in [0.1, 0.15) is 12.5 Å². The van der Waals surface area contributed by atoms with Crippen LogP contribution in [0.1, 0.15) is 71.6 Å². The molecule has 0 aliphatic heterocycles. The van der Waals surface area contributed by atoms with Crippen LogP contribution in [0.2, 0.25) is 0 Å². The average molecular weight is 231 g/mol. The van der Waals surface area contributed by atoms with Crippen molar-refractivity contribution in [1.82, 2.24) is 5.32 Å². The van der Waals surface area contributed by atoms with Crippen LogP contribution < -0.4 is 5.32 Å². The van der Waals surface area contributed by atoms with Crippen molar-refractivity contribution in [3.05, 3.63) is 0 Å². The first-order valence-corrected chi connectivity index (χ1v) is 6.82. The predicted molar refractivity (Wildman–Crippen MR) is 68.1 cm³/mol. The molecular formula is C13H29NO2. The monoisotopic (exact) mass is 231 g/mol. The van der Waals surface area contributed by atoms with Gasteiger partial charge in [0, 0.05) is 0 Å². The summed E-state index contributed by atoms with van der Waals surface area (Å²) in [4.78, 5) is 0. The highest BCUT2D eigenvalue weighted by Crippen LogP contribution is 2.07. The fourth-order valence-electron chi connectivity index (χ4n) is 1.73. The third-order valence-corrected chi connectivity index (χ3v) is 2.80. The molecule has 0 aromatic rings. The highest BCUT2D eigenvalue weighted by molar-refractivity contribution is 4.58. The van der Waals surface area contributed by atoms with Gasteiger partial charge in [0.25, 0.3) is 0 Å². The predicted octanol–water partition coefficient (Wildman–Crippen LogP) is 2.76. The molecular weight excluding hydrogens is 202 g/mol. The van der Waals surface area contributed by atoms with E-state index >= 15 is 0 Å². The first-order valence-electron chi connectivity index (χ1n) is 6.82. The Morgan fingerprint density at radius 1 is 0.750 bits per heavy atom. The lowest BCUT2D eigenvalue weighted by molar-refractivity contribution is 0.0313. The van der Waals surface area contributed by atoms with Crippen LogP contribution in [0.4, 0.5) is 0 Å². The van der Waals surface area contributed by atoms with E-state index in [-0.39, 0.29) is 0 Å². The molecule has 0 aromatic heterocycles. The molecule has 3 heteroatoms. The van der Waals surface area contributed by atoms with Gasteiger partial charge in [-0.3, -0.25) is 5.32 Å². The molecule has 0 fully saturated rings. The Morgan fingerprint density at radius 2 is 1.25 bits per heavy atom. The summed E-state index contributed by atoms with van der Waals surface area (Å²) in [5.41, 5.74) is 0. The van der Waals surface area contributed by atoms with Crippen molar-refractivity contribution >= 4 is 0 Å². The number of unbranched alkanes of at least 4 members (excludes halogenated alkanes) is 5. The van der Waals surface area contributed by atoms with Crippen molar-refractivity contribution in [1.29, 1.82) is 0 Å². The maximum absolute atomic E-state index is 9.60. The summed E-state index contributed by atoms with van der Waals surface area (Å²) in [6, 6.07) is 0. The molecule has 2 atom stereocenters. The normalized spacial score (nSPS) is 15.0. The fourth-order valence-corrected chi connectivity index (χ4v) is 1.73. The number of hydrogen-bond acceptors (Lipinski definition) is 3. The molecule has 0 saturated carbocycles. The van der Waals surface area contributed by atoms with Gasteiger partial charge in [-0.2, -0.15) is 0 Å². The fraction of sp³-hybridized carbons (Fsp3) is 1.00. The first kappa shape index (κ1) is 15.9. The first-order chi connectivity index (χ1) is 7.70. The molecule has 0 radical (unpaired) electrons. The number of aliphatic hydroxyl groups is 2. The van der Waals surface area contributed by atoms with Crippen LogP contribution in [0, 0.1) is 0 Å². The van der Waals surface area contributed by atoms with Crippen molar-refractivity contribution < 1.29 is 10.2 Å². The van der Waals surface area contributed by atoms with E-state index in [9.17, 15) is 10.2 Å². The van der Waals surface area contributed by atoms with Crippen LogP contribution in [0.15, 0.2) is 0 Å². The van der Waals surface area contributed by atoms with Crippen molar-refractivity contribution in [2.45, 2.75) is 84.1 Å². The molecule has 0 saturated heterocycles. The van der Waals surface area contributed by atoms with E-state index in [4.69, 9.17) is 0 Å². The van der Waals surface area contributed by atoms with Gasteiger partial charge in [0.05, 0.1) is 0 Å². The van der Waals surface area contributed by atoms with Crippen LogP contribution in [0.5, 0.6) is 0 Å². The van der Waals surface area contributed by atoms with Crippen molar-refractivity contribution in [3.63, 3.8) is 0 Å². The van der Waals surface area contributed by atoms with Gasteiger partial charge in [0.2, 0.25) is 0 Å². The van der Waals surface area contributed by atoms with Crippen LogP contribution in [-0.2, 0) is 0 Å². The third-order valence-electron chi connectivity index (χ3n) is 2.80. The zero-order valence-electron chi connectivity index (χ0n) is 10.9. The zero-order chi connectivity index (χ0) is 12.2. The van der Waals surface area contributed by atoms with E-state index in [0.717, 1.165) is 32.1 Å². The second-order valence-corrected chi connectivity index (χ2v) is 4.54. The molecule has 3 N–H and O–H groups in total. The van der Waals surface area contributed by atoms with Gasteiger partial charge < -0.3 is 10.2 Å². The van der Waals surface area contributed by atoms with Gasteiger partial charge in [-0.25, -0.2) is 0 Å². The van der Waals surface area contributed by atoms with Gasteiger partial charge in [-0.05, 0) is 25.7 Å². The Labute approximate surface area is 100 Å². The summed E-state index contributed by atoms with van der Waals surface area (Å²) >= 11 is 0. The Hall–Kier alpha value is -0.120. The number of aliphatic hydroxyl groups excluding tert-OH is 2. The van der Waals surface area contributed by atoms with Crippen LogP contribution in [0.25, 0.3) is 0 Å². The van der Waals surface area contributed by atoms with Gasteiger partial charge in [-0.1, -0.05) is 46.0 Å². The summed E-state index contributed by atoms with van der Waals surface area (Å²) in [6.07, 6.45) is 8.44. The summed E-state index contributed by atoms with van der Waals surface area (Å²) < 4.78 is 0. The lowest BCUT2D eigenvalue weighted by Crippen LogP contribution is -2.38. The second kappa shape index (κ2) is 11.4. The Balaban J connectivity index is 3.32. The third kappa shape index (κ3) is 10.4. The van der Waals surface area contributed by atoms with E-state index in [1.807, 2.05) is 0 Å². The SMILES string of the molecule is CCCCCCCC(O)NC(O)CCCC. The minimum atomic E-state index is -0.550. The summed E-state index contributed by atoms with van der Waals surface area (Å²) in [6.45, 7) is 4.29. The van der Waals surface area contributed by atoms with E-state index < -0.39 is 12.5 Å². The number of rotatable bonds is 11. The lowest BCUT2D eigenvalue weighted by atomic mass is 10.1. The van der Waals surface area contributed by atoms with Gasteiger partial charge in [0.15, 0.2) is 0 Å². The highest BCUT2D eigenvalue weighted by Gasteiger charge is 2.08. The maximum Gasteiger partial charge on any atom is 0.106 e. The molecule has 0 spiro atoms. The zero-order valence-corrected chi connectivity index (χ0v) is 10.9. The molecule has 16 heavy (non-hydrogen) atoms. The minimum Gasteiger partial charge on any atom is -0.379 e. The van der Waals surface area contributed by atoms with Crippen molar-refractivity contribution in [3.8, 4) is 0 Å². The molecule has 0 aromatic carbocycles. The van der Waals surface area contributed by atoms with E-state index in [0.29, 0.717) is 0 Å². The Bertz CT molecular complexity index is 142. The van der Waals surface area contributed by atoms with Crippen molar-refractivity contribution in [2.24, 2.45) is 0 Å². The Kier molecular flexibility index (Phi) is 11.3. The Morgan fingerprint density at radius 3 is 1.81 bits per heavy atom. The summed E-state index contributed by atoms with van der Waals surface area (Å²) in [5.74, 6) is 0. The lowest BCUT2D eigenvalue weighted by Gasteiger charge is -2.17. The van der Waals surface area contributed by atoms with E-state index in [1.54, 1.807) is 0 Å². The molecule has 0 aliphatic rings. The van der Waals surface area contributed by atoms with Crippen LogP contribution in [0.3, 0.4) is 0 Å². The second-order valence-electron chi connectivity index (χ2n) is 4.54. The van der Waals surface area contributed by atoms with Gasteiger partial charge in [-0.15, -0.1) is 0 Å². The molecule has 2 unspecified atom stereocenters. The standard InChI is InChI=1S/C13H29NO2/c1-3-5-7-8-9-11-13(16)14-12(15)10-6-4-2/h12-16H,3-11H2,1-2H3. The molecule has 0 rings (SSSR count). The molecule has 0 bridgehead atoms. The summed E-state index contributed by atoms with van der Waals surface area (Å²) in [5, 5.41) is 21.9. The van der Waals surface area contributed by atoms with Crippen LogP contribution in [-0.4, -0.2) is 22.7 Å². The molecule has 98 valence electrons. The average Bonchev–Trinajstić information content (AvgIpc) is 2.26. The molecule has 0 amide bonds. The smallest absolute Gasteiger partial charge is 0.106 e. The number of nitrogens with one attached hydrogen (secondary N) is 1. The minimum absolute atomic E-state index is 0.548. The summed E-state index contributed by atoms with van der Waals surface area (Å²) in [7, 11) is 0. The largest absolute Gasteiger partial charge is 0.379 e. The van der Waals surface area contributed by atoms with E-state index in [2.05, 4.69) is 19.2 Å². The molecule has 3 nitrogen and oxygen atoms in total. The van der Waals surface area contributed by atoms with Crippen molar-refractivity contribution in [2.75, 3.05) is 0 Å². The van der Waals surface area contributed by atoms with Crippen LogP contribution >= 0.6 is 0 Å². The molecule has 0 heterocycles.